The van der Waals surface area contributed by atoms with E-state index < -0.39 is 0 Å². The van der Waals surface area contributed by atoms with Crippen LogP contribution in [-0.4, -0.2) is 4.92 Å². The molecule has 0 bridgehead atoms. The van der Waals surface area contributed by atoms with Crippen LogP contribution in [0.2, 0.25) is 0 Å². The maximum atomic E-state index is 10.5. The van der Waals surface area contributed by atoms with E-state index in [4.69, 9.17) is 0 Å². The Morgan fingerprint density at radius 3 is 2.92 bits per heavy atom. The average Bonchev–Trinajstić information content (AvgIpc) is 2.03. The second-order valence-corrected chi connectivity index (χ2v) is 3.17. The average molecular weight is 167 g/mol. The molecule has 0 saturated heterocycles. The highest BCUT2D eigenvalue weighted by molar-refractivity contribution is 5.25. The van der Waals surface area contributed by atoms with E-state index in [1.807, 2.05) is 13.8 Å². The summed E-state index contributed by atoms with van der Waals surface area (Å²) < 4.78 is 0. The molecule has 0 saturated carbocycles. The van der Waals surface area contributed by atoms with Crippen LogP contribution in [0.1, 0.15) is 26.7 Å². The summed E-state index contributed by atoms with van der Waals surface area (Å²) in [7, 11) is 0. The van der Waals surface area contributed by atoms with Crippen molar-refractivity contribution in [3.63, 3.8) is 0 Å². The molecule has 0 aromatic heterocycles. The van der Waals surface area contributed by atoms with Gasteiger partial charge in [0.05, 0.1) is 4.92 Å². The molecule has 3 nitrogen and oxygen atoms in total. The first kappa shape index (κ1) is 8.97. The molecule has 0 aromatic rings. The van der Waals surface area contributed by atoms with Crippen LogP contribution >= 0.6 is 0 Å². The number of allylic oxidation sites excluding steroid dienone is 4. The Labute approximate surface area is 71.9 Å². The zero-order valence-electron chi connectivity index (χ0n) is 7.41. The fourth-order valence-corrected chi connectivity index (χ4v) is 1.42. The fraction of sp³-hybridized carbons (Fsp3) is 0.556. The third-order valence-electron chi connectivity index (χ3n) is 2.02. The zero-order valence-corrected chi connectivity index (χ0v) is 7.41. The number of nitro groups is 1. The highest BCUT2D eigenvalue weighted by atomic mass is 16.6. The van der Waals surface area contributed by atoms with Crippen molar-refractivity contribution >= 4 is 0 Å². The number of nitrogens with zero attached hydrogens (tertiary/aromatic N) is 1. The van der Waals surface area contributed by atoms with E-state index in [1.54, 1.807) is 6.08 Å². The monoisotopic (exact) mass is 167 g/mol. The van der Waals surface area contributed by atoms with Crippen LogP contribution in [0.5, 0.6) is 0 Å². The summed E-state index contributed by atoms with van der Waals surface area (Å²) in [5, 5.41) is 10.5. The van der Waals surface area contributed by atoms with Gasteiger partial charge in [0.1, 0.15) is 0 Å². The van der Waals surface area contributed by atoms with Gasteiger partial charge in [0, 0.05) is 12.5 Å². The van der Waals surface area contributed by atoms with Gasteiger partial charge < -0.3 is 0 Å². The summed E-state index contributed by atoms with van der Waals surface area (Å²) in [5.41, 5.74) is 1.43. The molecular formula is C9H13NO2. The summed E-state index contributed by atoms with van der Waals surface area (Å²) in [5.74, 6) is 0.311. The molecule has 0 spiro atoms. The van der Waals surface area contributed by atoms with Crippen LogP contribution in [0, 0.1) is 16.0 Å². The Balaban J connectivity index is 2.85. The van der Waals surface area contributed by atoms with Crippen molar-refractivity contribution in [1.82, 2.24) is 0 Å². The molecule has 3 heteroatoms. The Morgan fingerprint density at radius 2 is 2.42 bits per heavy atom. The van der Waals surface area contributed by atoms with Crippen LogP contribution in [0.15, 0.2) is 23.4 Å². The van der Waals surface area contributed by atoms with E-state index in [0.717, 1.165) is 12.0 Å². The highest BCUT2D eigenvalue weighted by Gasteiger charge is 2.18. The third kappa shape index (κ3) is 1.94. The Hall–Kier alpha value is -1.12. The number of hydrogen-bond acceptors (Lipinski definition) is 2. The van der Waals surface area contributed by atoms with Gasteiger partial charge in [0.25, 0.3) is 0 Å². The predicted molar refractivity (Wildman–Crippen MR) is 47.2 cm³/mol. The minimum Gasteiger partial charge on any atom is -0.259 e. The summed E-state index contributed by atoms with van der Waals surface area (Å²) in [4.78, 5) is 10.2. The van der Waals surface area contributed by atoms with Crippen LogP contribution in [-0.2, 0) is 0 Å². The topological polar surface area (TPSA) is 43.1 Å². The Kier molecular flexibility index (Phi) is 2.63. The minimum absolute atomic E-state index is 0.279. The molecule has 0 N–H and O–H groups in total. The van der Waals surface area contributed by atoms with Gasteiger partial charge in [-0.1, -0.05) is 19.9 Å². The highest BCUT2D eigenvalue weighted by Crippen LogP contribution is 2.23. The molecule has 0 heterocycles. The maximum absolute atomic E-state index is 10.5. The van der Waals surface area contributed by atoms with E-state index in [1.165, 1.54) is 0 Å². The van der Waals surface area contributed by atoms with Crippen LogP contribution in [0.4, 0.5) is 0 Å². The van der Waals surface area contributed by atoms with E-state index >= 15 is 0 Å². The molecule has 1 rings (SSSR count). The van der Waals surface area contributed by atoms with E-state index in [-0.39, 0.29) is 4.92 Å². The first-order chi connectivity index (χ1) is 5.63. The first-order valence-electron chi connectivity index (χ1n) is 4.19. The van der Waals surface area contributed by atoms with Crippen LogP contribution in [0.25, 0.3) is 0 Å². The largest absolute Gasteiger partial charge is 0.259 e. The SMILES string of the molecule is CCC1=CC(C)CC([N+](=O)[O-])=C1. The molecule has 0 amide bonds. The maximum Gasteiger partial charge on any atom is 0.247 e. The van der Waals surface area contributed by atoms with Crippen molar-refractivity contribution in [2.24, 2.45) is 5.92 Å². The number of rotatable bonds is 2. The van der Waals surface area contributed by atoms with Gasteiger partial charge in [-0.25, -0.2) is 0 Å². The molecule has 1 aliphatic carbocycles. The second kappa shape index (κ2) is 3.52. The predicted octanol–water partition coefficient (Wildman–Crippen LogP) is 2.52. The summed E-state index contributed by atoms with van der Waals surface area (Å²) in [6, 6.07) is 0. The summed E-state index contributed by atoms with van der Waals surface area (Å²) >= 11 is 0. The van der Waals surface area contributed by atoms with Crippen molar-refractivity contribution in [2.45, 2.75) is 26.7 Å². The van der Waals surface area contributed by atoms with E-state index in [2.05, 4.69) is 6.08 Å². The zero-order chi connectivity index (χ0) is 9.14. The van der Waals surface area contributed by atoms with Crippen molar-refractivity contribution in [3.05, 3.63) is 33.5 Å². The standard InChI is InChI=1S/C9H13NO2/c1-3-8-4-7(2)5-9(6-8)10(11)12/h4,6-7H,3,5H2,1-2H3. The van der Waals surface area contributed by atoms with Gasteiger partial charge in [-0.05, 0) is 17.9 Å². The van der Waals surface area contributed by atoms with Gasteiger partial charge in [-0.15, -0.1) is 0 Å². The fourth-order valence-electron chi connectivity index (χ4n) is 1.42. The first-order valence-corrected chi connectivity index (χ1v) is 4.19. The van der Waals surface area contributed by atoms with Gasteiger partial charge in [-0.3, -0.25) is 10.1 Å². The lowest BCUT2D eigenvalue weighted by Gasteiger charge is -2.11. The molecule has 66 valence electrons. The molecule has 0 fully saturated rings. The molecule has 1 unspecified atom stereocenters. The van der Waals surface area contributed by atoms with Gasteiger partial charge >= 0.3 is 0 Å². The molecular weight excluding hydrogens is 154 g/mol. The van der Waals surface area contributed by atoms with Crippen molar-refractivity contribution in [1.29, 1.82) is 0 Å². The van der Waals surface area contributed by atoms with Crippen LogP contribution < -0.4 is 0 Å². The van der Waals surface area contributed by atoms with Gasteiger partial charge in [0.2, 0.25) is 5.70 Å². The van der Waals surface area contributed by atoms with Crippen molar-refractivity contribution < 1.29 is 4.92 Å². The lowest BCUT2D eigenvalue weighted by atomic mass is 9.94. The van der Waals surface area contributed by atoms with Gasteiger partial charge in [-0.2, -0.15) is 0 Å². The normalized spacial score (nSPS) is 23.0. The van der Waals surface area contributed by atoms with Crippen molar-refractivity contribution in [3.8, 4) is 0 Å². The lowest BCUT2D eigenvalue weighted by Crippen LogP contribution is -2.08. The molecule has 1 aliphatic rings. The lowest BCUT2D eigenvalue weighted by molar-refractivity contribution is -0.428. The minimum atomic E-state index is -0.279. The van der Waals surface area contributed by atoms with Gasteiger partial charge in [0.15, 0.2) is 0 Å². The third-order valence-corrected chi connectivity index (χ3v) is 2.02. The Bertz CT molecular complexity index is 253. The molecule has 0 aliphatic heterocycles. The molecule has 0 aromatic carbocycles. The van der Waals surface area contributed by atoms with E-state index in [0.29, 0.717) is 18.0 Å². The Morgan fingerprint density at radius 1 is 1.75 bits per heavy atom. The van der Waals surface area contributed by atoms with Crippen LogP contribution in [0.3, 0.4) is 0 Å². The smallest absolute Gasteiger partial charge is 0.247 e. The van der Waals surface area contributed by atoms with E-state index in [9.17, 15) is 10.1 Å². The van der Waals surface area contributed by atoms with Crippen molar-refractivity contribution in [2.75, 3.05) is 0 Å². The second-order valence-electron chi connectivity index (χ2n) is 3.17. The summed E-state index contributed by atoms with van der Waals surface area (Å²) in [6.07, 6.45) is 5.24. The molecule has 12 heavy (non-hydrogen) atoms. The summed E-state index contributed by atoms with van der Waals surface area (Å²) in [6.45, 7) is 4.02. The number of hydrogen-bond donors (Lipinski definition) is 0. The molecule has 0 radical (unpaired) electrons. The quantitative estimate of drug-likeness (QED) is 0.468. The molecule has 1 atom stereocenters.